The zero-order valence-corrected chi connectivity index (χ0v) is 11.0. The van der Waals surface area contributed by atoms with E-state index in [-0.39, 0.29) is 0 Å². The number of likely N-dealkylation sites (tertiary alicyclic amines) is 1. The highest BCUT2D eigenvalue weighted by Gasteiger charge is 2.16. The molecule has 1 aromatic rings. The third kappa shape index (κ3) is 3.59. The largest absolute Gasteiger partial charge is 0.449 e. The number of hydrogen-bond donors (Lipinski definition) is 1. The lowest BCUT2D eigenvalue weighted by Gasteiger charge is -2.32. The molecule has 0 radical (unpaired) electrons. The number of nitriles is 1. The van der Waals surface area contributed by atoms with Crippen molar-refractivity contribution < 1.29 is 4.42 Å². The molecule has 0 aliphatic carbocycles. The quantitative estimate of drug-likeness (QED) is 0.866. The van der Waals surface area contributed by atoms with Crippen molar-refractivity contribution in [1.82, 2.24) is 10.2 Å². The molecule has 0 amide bonds. The fourth-order valence-corrected chi connectivity index (χ4v) is 2.43. The molecule has 0 aromatic carbocycles. The van der Waals surface area contributed by atoms with Crippen molar-refractivity contribution in [2.24, 2.45) is 0 Å². The second-order valence-corrected chi connectivity index (χ2v) is 4.95. The Balaban J connectivity index is 1.69. The van der Waals surface area contributed by atoms with Crippen molar-refractivity contribution in [1.29, 1.82) is 5.26 Å². The molecule has 98 valence electrons. The fourth-order valence-electron chi connectivity index (χ4n) is 2.43. The second kappa shape index (κ2) is 6.58. The summed E-state index contributed by atoms with van der Waals surface area (Å²) in [5, 5.41) is 12.1. The molecular formula is C14H21N3O. The number of rotatable bonds is 5. The summed E-state index contributed by atoms with van der Waals surface area (Å²) in [6, 6.07) is 6.13. The minimum Gasteiger partial charge on any atom is -0.449 e. The van der Waals surface area contributed by atoms with Gasteiger partial charge in [-0.2, -0.15) is 5.26 Å². The Bertz CT molecular complexity index is 401. The average molecular weight is 247 g/mol. The van der Waals surface area contributed by atoms with Gasteiger partial charge in [0.1, 0.15) is 11.8 Å². The van der Waals surface area contributed by atoms with Crippen LogP contribution in [0.25, 0.3) is 0 Å². The van der Waals surface area contributed by atoms with Crippen molar-refractivity contribution >= 4 is 0 Å². The molecule has 0 spiro atoms. The topological polar surface area (TPSA) is 52.2 Å². The highest BCUT2D eigenvalue weighted by Crippen LogP contribution is 2.11. The summed E-state index contributed by atoms with van der Waals surface area (Å²) in [6.45, 7) is 6.37. The summed E-state index contributed by atoms with van der Waals surface area (Å²) in [6.07, 6.45) is 4.03. The van der Waals surface area contributed by atoms with Crippen LogP contribution >= 0.6 is 0 Å². The SMILES string of the molecule is CC(CNCc1ccc(C#N)o1)N1CCCCC1. The first-order valence-corrected chi connectivity index (χ1v) is 6.73. The summed E-state index contributed by atoms with van der Waals surface area (Å²) in [5.74, 6) is 1.22. The zero-order chi connectivity index (χ0) is 12.8. The van der Waals surface area contributed by atoms with Crippen LogP contribution in [0.15, 0.2) is 16.5 Å². The van der Waals surface area contributed by atoms with Crippen LogP contribution in [0.4, 0.5) is 0 Å². The molecule has 2 heterocycles. The lowest BCUT2D eigenvalue weighted by atomic mass is 10.1. The summed E-state index contributed by atoms with van der Waals surface area (Å²) < 4.78 is 5.32. The van der Waals surface area contributed by atoms with Crippen LogP contribution in [-0.2, 0) is 6.54 Å². The van der Waals surface area contributed by atoms with Gasteiger partial charge in [0.25, 0.3) is 0 Å². The van der Waals surface area contributed by atoms with Gasteiger partial charge >= 0.3 is 0 Å². The lowest BCUT2D eigenvalue weighted by Crippen LogP contribution is -2.42. The predicted octanol–water partition coefficient (Wildman–Crippen LogP) is 2.12. The van der Waals surface area contributed by atoms with E-state index in [1.807, 2.05) is 12.1 Å². The first kappa shape index (κ1) is 13.1. The maximum Gasteiger partial charge on any atom is 0.203 e. The normalized spacial score (nSPS) is 18.4. The zero-order valence-electron chi connectivity index (χ0n) is 11.0. The van der Waals surface area contributed by atoms with Gasteiger partial charge in [-0.1, -0.05) is 6.42 Å². The minimum atomic E-state index is 0.385. The Hall–Kier alpha value is -1.31. The van der Waals surface area contributed by atoms with Crippen LogP contribution in [0.1, 0.15) is 37.7 Å². The highest BCUT2D eigenvalue weighted by molar-refractivity contribution is 5.18. The molecule has 18 heavy (non-hydrogen) atoms. The van der Waals surface area contributed by atoms with Crippen molar-refractivity contribution in [3.8, 4) is 6.07 Å². The van der Waals surface area contributed by atoms with Gasteiger partial charge in [-0.3, -0.25) is 4.90 Å². The van der Waals surface area contributed by atoms with Gasteiger partial charge in [-0.15, -0.1) is 0 Å². The van der Waals surface area contributed by atoms with E-state index in [1.54, 1.807) is 6.07 Å². The number of furan rings is 1. The monoisotopic (exact) mass is 247 g/mol. The molecule has 4 heteroatoms. The van der Waals surface area contributed by atoms with Gasteiger partial charge in [-0.25, -0.2) is 0 Å². The van der Waals surface area contributed by atoms with E-state index in [0.29, 0.717) is 18.3 Å². The number of piperidine rings is 1. The Morgan fingerprint density at radius 2 is 2.17 bits per heavy atom. The van der Waals surface area contributed by atoms with Crippen molar-refractivity contribution in [3.63, 3.8) is 0 Å². The summed E-state index contributed by atoms with van der Waals surface area (Å²) >= 11 is 0. The van der Waals surface area contributed by atoms with Crippen LogP contribution < -0.4 is 5.32 Å². The van der Waals surface area contributed by atoms with E-state index in [0.717, 1.165) is 12.3 Å². The molecule has 4 nitrogen and oxygen atoms in total. The van der Waals surface area contributed by atoms with E-state index in [2.05, 4.69) is 17.1 Å². The van der Waals surface area contributed by atoms with Gasteiger partial charge in [0.15, 0.2) is 0 Å². The molecule has 1 saturated heterocycles. The summed E-state index contributed by atoms with van der Waals surface area (Å²) in [4.78, 5) is 2.54. The van der Waals surface area contributed by atoms with Crippen LogP contribution in [-0.4, -0.2) is 30.6 Å². The molecule has 1 aromatic heterocycles. The van der Waals surface area contributed by atoms with E-state index in [1.165, 1.54) is 32.4 Å². The van der Waals surface area contributed by atoms with Gasteiger partial charge in [0.2, 0.25) is 5.76 Å². The molecule has 1 N–H and O–H groups in total. The van der Waals surface area contributed by atoms with E-state index < -0.39 is 0 Å². The Morgan fingerprint density at radius 3 is 2.83 bits per heavy atom. The molecule has 1 unspecified atom stereocenters. The van der Waals surface area contributed by atoms with Gasteiger partial charge < -0.3 is 9.73 Å². The lowest BCUT2D eigenvalue weighted by molar-refractivity contribution is 0.170. The first-order chi connectivity index (χ1) is 8.79. The molecule has 1 fully saturated rings. The molecule has 0 saturated carbocycles. The average Bonchev–Trinajstić information content (AvgIpc) is 2.87. The number of nitrogens with zero attached hydrogens (tertiary/aromatic N) is 2. The van der Waals surface area contributed by atoms with Crippen molar-refractivity contribution in [2.75, 3.05) is 19.6 Å². The van der Waals surface area contributed by atoms with Crippen molar-refractivity contribution in [3.05, 3.63) is 23.7 Å². The summed E-state index contributed by atoms with van der Waals surface area (Å²) in [5.41, 5.74) is 0. The van der Waals surface area contributed by atoms with Gasteiger partial charge in [-0.05, 0) is 45.0 Å². The number of nitrogens with one attached hydrogen (secondary N) is 1. The van der Waals surface area contributed by atoms with Crippen LogP contribution in [0.5, 0.6) is 0 Å². The molecule has 1 aliphatic rings. The number of hydrogen-bond acceptors (Lipinski definition) is 4. The molecule has 0 bridgehead atoms. The third-order valence-electron chi connectivity index (χ3n) is 3.52. The van der Waals surface area contributed by atoms with Crippen LogP contribution in [0.3, 0.4) is 0 Å². The summed E-state index contributed by atoms with van der Waals surface area (Å²) in [7, 11) is 0. The minimum absolute atomic E-state index is 0.385. The standard InChI is InChI=1S/C14H21N3O/c1-12(17-7-3-2-4-8-17)10-16-11-14-6-5-13(9-15)18-14/h5-6,12,16H,2-4,7-8,10-11H2,1H3. The van der Waals surface area contributed by atoms with Gasteiger partial charge in [0, 0.05) is 12.6 Å². The Kier molecular flexibility index (Phi) is 4.80. The van der Waals surface area contributed by atoms with Crippen LogP contribution in [0.2, 0.25) is 0 Å². The highest BCUT2D eigenvalue weighted by atomic mass is 16.3. The maximum atomic E-state index is 8.66. The molecule has 1 aliphatic heterocycles. The predicted molar refractivity (Wildman–Crippen MR) is 70.0 cm³/mol. The fraction of sp³-hybridized carbons (Fsp3) is 0.643. The maximum absolute atomic E-state index is 8.66. The molecule has 1 atom stereocenters. The van der Waals surface area contributed by atoms with E-state index in [9.17, 15) is 0 Å². The van der Waals surface area contributed by atoms with Gasteiger partial charge in [0.05, 0.1) is 6.54 Å². The van der Waals surface area contributed by atoms with Crippen molar-refractivity contribution in [2.45, 2.75) is 38.8 Å². The Labute approximate surface area is 109 Å². The second-order valence-electron chi connectivity index (χ2n) is 4.95. The van der Waals surface area contributed by atoms with E-state index in [4.69, 9.17) is 9.68 Å². The smallest absolute Gasteiger partial charge is 0.203 e. The van der Waals surface area contributed by atoms with E-state index >= 15 is 0 Å². The molecular weight excluding hydrogens is 226 g/mol. The molecule has 2 rings (SSSR count). The first-order valence-electron chi connectivity index (χ1n) is 6.73. The van der Waals surface area contributed by atoms with Crippen LogP contribution in [0, 0.1) is 11.3 Å². The Morgan fingerprint density at radius 1 is 1.39 bits per heavy atom. The third-order valence-corrected chi connectivity index (χ3v) is 3.52.